The normalized spacial score (nSPS) is 24.2. The van der Waals surface area contributed by atoms with Gasteiger partial charge in [0.25, 0.3) is 0 Å². The maximum Gasteiger partial charge on any atom is 0.0241 e. The van der Waals surface area contributed by atoms with Crippen LogP contribution in [0.2, 0.25) is 0 Å². The molecule has 1 rings (SSSR count). The highest BCUT2D eigenvalue weighted by Crippen LogP contribution is 2.16. The first-order valence-electron chi connectivity index (χ1n) is 3.49. The molecule has 0 aliphatic heterocycles. The van der Waals surface area contributed by atoms with E-state index in [9.17, 15) is 0 Å². The molecule has 9 heavy (non-hydrogen) atoms. The summed E-state index contributed by atoms with van der Waals surface area (Å²) in [6, 6.07) is 0. The summed E-state index contributed by atoms with van der Waals surface area (Å²) in [5.41, 5.74) is 1.43. The second-order valence-electron chi connectivity index (χ2n) is 2.59. The van der Waals surface area contributed by atoms with Crippen LogP contribution in [0.3, 0.4) is 0 Å². The van der Waals surface area contributed by atoms with Crippen LogP contribution in [0.15, 0.2) is 11.6 Å². The third-order valence-electron chi connectivity index (χ3n) is 1.67. The van der Waals surface area contributed by atoms with Gasteiger partial charge in [0.05, 0.1) is 0 Å². The van der Waals surface area contributed by atoms with E-state index in [1.165, 1.54) is 18.4 Å². The Bertz CT molecular complexity index is 176. The van der Waals surface area contributed by atoms with Gasteiger partial charge in [-0.25, -0.2) is 0 Å². The third-order valence-corrected chi connectivity index (χ3v) is 1.67. The molecular weight excluding hydrogens is 108 g/mol. The first-order chi connectivity index (χ1) is 4.33. The van der Waals surface area contributed by atoms with E-state index in [1.54, 1.807) is 0 Å². The largest absolute Gasteiger partial charge is 0.0948 e. The quantitative estimate of drug-likeness (QED) is 0.466. The van der Waals surface area contributed by atoms with Gasteiger partial charge in [-0.1, -0.05) is 24.3 Å². The molecule has 0 N–H and O–H groups in total. The Morgan fingerprint density at radius 2 is 2.56 bits per heavy atom. The van der Waals surface area contributed by atoms with Crippen molar-refractivity contribution in [1.29, 1.82) is 0 Å². The van der Waals surface area contributed by atoms with Crippen molar-refractivity contribution in [2.75, 3.05) is 0 Å². The first kappa shape index (κ1) is 6.42. The lowest BCUT2D eigenvalue weighted by atomic mass is 9.95. The van der Waals surface area contributed by atoms with Gasteiger partial charge < -0.3 is 0 Å². The molecule has 0 bridgehead atoms. The van der Waals surface area contributed by atoms with E-state index in [-0.39, 0.29) is 0 Å². The van der Waals surface area contributed by atoms with Crippen LogP contribution >= 0.6 is 0 Å². The molecule has 0 unspecified atom stereocenters. The van der Waals surface area contributed by atoms with Crippen molar-refractivity contribution in [3.05, 3.63) is 11.6 Å². The average molecular weight is 120 g/mol. The molecule has 0 fully saturated rings. The van der Waals surface area contributed by atoms with Crippen molar-refractivity contribution in [2.24, 2.45) is 5.92 Å². The number of rotatable bonds is 1. The highest BCUT2D eigenvalue weighted by atomic mass is 14.1. The second kappa shape index (κ2) is 2.73. The Morgan fingerprint density at radius 3 is 3.00 bits per heavy atom. The lowest BCUT2D eigenvalue weighted by molar-refractivity contribution is 0.638. The first-order valence-corrected chi connectivity index (χ1v) is 3.49. The molecule has 48 valence electrons. The zero-order valence-electron chi connectivity index (χ0n) is 6.07. The predicted octanol–water partition coefficient (Wildman–Crippen LogP) is 2.37. The van der Waals surface area contributed by atoms with E-state index < -0.39 is 0 Å². The van der Waals surface area contributed by atoms with Crippen LogP contribution in [-0.4, -0.2) is 0 Å². The minimum absolute atomic E-state index is 0.634. The number of allylic oxidation sites excluding steroid dienone is 2. The molecular formula is C9H12. The Labute approximate surface area is 57.0 Å². The van der Waals surface area contributed by atoms with Crippen LogP contribution in [0, 0.1) is 17.8 Å². The molecule has 1 aliphatic carbocycles. The molecule has 0 heteroatoms. The molecule has 0 saturated carbocycles. The van der Waals surface area contributed by atoms with E-state index in [1.807, 2.05) is 6.08 Å². The van der Waals surface area contributed by atoms with Gasteiger partial charge in [-0.3, -0.25) is 0 Å². The van der Waals surface area contributed by atoms with E-state index in [4.69, 9.17) is 0 Å². The van der Waals surface area contributed by atoms with Crippen LogP contribution < -0.4 is 0 Å². The smallest absolute Gasteiger partial charge is 0.0241 e. The molecule has 0 aromatic rings. The topological polar surface area (TPSA) is 0 Å². The monoisotopic (exact) mass is 120 g/mol. The van der Waals surface area contributed by atoms with Crippen LogP contribution in [0.4, 0.5) is 0 Å². The molecule has 0 spiro atoms. The van der Waals surface area contributed by atoms with Gasteiger partial charge in [0.15, 0.2) is 0 Å². The van der Waals surface area contributed by atoms with Crippen LogP contribution in [-0.2, 0) is 0 Å². The summed E-state index contributed by atoms with van der Waals surface area (Å²) in [5, 5.41) is 0. The Morgan fingerprint density at radius 1 is 1.78 bits per heavy atom. The molecule has 0 heterocycles. The van der Waals surface area contributed by atoms with E-state index in [0.29, 0.717) is 5.92 Å². The second-order valence-corrected chi connectivity index (χ2v) is 2.59. The molecule has 1 atom stereocenters. The standard InChI is InChI=1S/C9H12/c1-3-9-6-4-5-8(2)7-9/h5,9H,3,7H2,1-2H3/t9-/m0/s1. The zero-order valence-corrected chi connectivity index (χ0v) is 6.07. The van der Waals surface area contributed by atoms with Crippen LogP contribution in [0.25, 0.3) is 0 Å². The average Bonchev–Trinajstić information content (AvgIpc) is 1.88. The van der Waals surface area contributed by atoms with Crippen molar-refractivity contribution in [3.8, 4) is 11.8 Å². The van der Waals surface area contributed by atoms with Gasteiger partial charge in [-0.2, -0.15) is 0 Å². The summed E-state index contributed by atoms with van der Waals surface area (Å²) in [6.07, 6.45) is 4.40. The Balaban J connectivity index is 2.58. The summed E-state index contributed by atoms with van der Waals surface area (Å²) in [7, 11) is 0. The zero-order chi connectivity index (χ0) is 6.69. The highest BCUT2D eigenvalue weighted by molar-refractivity contribution is 5.27. The summed E-state index contributed by atoms with van der Waals surface area (Å²) < 4.78 is 0. The van der Waals surface area contributed by atoms with Crippen molar-refractivity contribution < 1.29 is 0 Å². The summed E-state index contributed by atoms with van der Waals surface area (Å²) in [5.74, 6) is 6.83. The molecule has 0 amide bonds. The van der Waals surface area contributed by atoms with Crippen molar-refractivity contribution >= 4 is 0 Å². The summed E-state index contributed by atoms with van der Waals surface area (Å²) >= 11 is 0. The van der Waals surface area contributed by atoms with Gasteiger partial charge >= 0.3 is 0 Å². The van der Waals surface area contributed by atoms with Gasteiger partial charge in [-0.05, 0) is 25.8 Å². The summed E-state index contributed by atoms with van der Waals surface area (Å²) in [6.45, 7) is 4.34. The van der Waals surface area contributed by atoms with E-state index in [0.717, 1.165) is 0 Å². The SMILES string of the molecule is CC[C@H]1C#CC=C(C)C1. The van der Waals surface area contributed by atoms with Crippen molar-refractivity contribution in [1.82, 2.24) is 0 Å². The molecule has 0 aromatic heterocycles. The fourth-order valence-electron chi connectivity index (χ4n) is 1.03. The fourth-order valence-corrected chi connectivity index (χ4v) is 1.03. The lowest BCUT2D eigenvalue weighted by Gasteiger charge is -2.09. The van der Waals surface area contributed by atoms with Gasteiger partial charge in [0, 0.05) is 5.92 Å². The molecule has 0 aromatic carbocycles. The molecule has 0 saturated heterocycles. The third kappa shape index (κ3) is 1.61. The fraction of sp³-hybridized carbons (Fsp3) is 0.556. The number of hydrogen-bond donors (Lipinski definition) is 0. The minimum atomic E-state index is 0.634. The van der Waals surface area contributed by atoms with Crippen LogP contribution in [0.5, 0.6) is 0 Å². The Kier molecular flexibility index (Phi) is 1.95. The Hall–Kier alpha value is -0.700. The van der Waals surface area contributed by atoms with Gasteiger partial charge in [-0.15, -0.1) is 0 Å². The lowest BCUT2D eigenvalue weighted by Crippen LogP contribution is -1.98. The number of hydrogen-bond acceptors (Lipinski definition) is 0. The van der Waals surface area contributed by atoms with Crippen LogP contribution in [0.1, 0.15) is 26.7 Å². The maximum absolute atomic E-state index is 3.17. The summed E-state index contributed by atoms with van der Waals surface area (Å²) in [4.78, 5) is 0. The molecule has 1 aliphatic rings. The van der Waals surface area contributed by atoms with Crippen molar-refractivity contribution in [2.45, 2.75) is 26.7 Å². The maximum atomic E-state index is 3.17. The molecule has 0 radical (unpaired) electrons. The van der Waals surface area contributed by atoms with Gasteiger partial charge in [0.2, 0.25) is 0 Å². The van der Waals surface area contributed by atoms with Crippen molar-refractivity contribution in [3.63, 3.8) is 0 Å². The highest BCUT2D eigenvalue weighted by Gasteiger charge is 2.04. The minimum Gasteiger partial charge on any atom is -0.0948 e. The van der Waals surface area contributed by atoms with E-state index >= 15 is 0 Å². The molecule has 0 nitrogen and oxygen atoms in total. The van der Waals surface area contributed by atoms with Gasteiger partial charge in [0.1, 0.15) is 0 Å². The predicted molar refractivity (Wildman–Crippen MR) is 39.9 cm³/mol. The van der Waals surface area contributed by atoms with E-state index in [2.05, 4.69) is 25.7 Å².